The minimum absolute atomic E-state index is 0.0215. The third-order valence-electron chi connectivity index (χ3n) is 3.52. The Bertz CT molecular complexity index is 484. The molecule has 0 bridgehead atoms. The maximum Gasteiger partial charge on any atom is 0.416 e. The van der Waals surface area contributed by atoms with Gasteiger partial charge >= 0.3 is 6.18 Å². The molecule has 2 rings (SSSR count). The molecular weight excluding hydrogens is 255 g/mol. The predicted octanol–water partition coefficient (Wildman–Crippen LogP) is 3.54. The lowest BCUT2D eigenvalue weighted by Gasteiger charge is -2.16. The standard InChI is InChI=1S/C14H16F3NO/c1-8-6-12(8)13(19)18-9(2)10-4-3-5-11(7-10)14(15,16)17/h3-5,7-9,12H,6H2,1-2H3,(H,18,19)/t8-,9-,12+/m0/s1. The molecule has 19 heavy (non-hydrogen) atoms. The van der Waals surface area contributed by atoms with Gasteiger partial charge in [0.05, 0.1) is 11.6 Å². The lowest BCUT2D eigenvalue weighted by Crippen LogP contribution is -2.28. The summed E-state index contributed by atoms with van der Waals surface area (Å²) in [5.41, 5.74) is -0.220. The van der Waals surface area contributed by atoms with Gasteiger partial charge in [0.25, 0.3) is 0 Å². The second-order valence-corrected chi connectivity index (χ2v) is 5.17. The first kappa shape index (κ1) is 13.9. The van der Waals surface area contributed by atoms with E-state index in [1.807, 2.05) is 6.92 Å². The Hall–Kier alpha value is -1.52. The van der Waals surface area contributed by atoms with Crippen molar-refractivity contribution in [3.05, 3.63) is 35.4 Å². The molecule has 3 atom stereocenters. The summed E-state index contributed by atoms with van der Waals surface area (Å²) in [6.45, 7) is 3.68. The van der Waals surface area contributed by atoms with Crippen LogP contribution in [-0.2, 0) is 11.0 Å². The number of halogens is 3. The van der Waals surface area contributed by atoms with Crippen LogP contribution < -0.4 is 5.32 Å². The smallest absolute Gasteiger partial charge is 0.349 e. The molecule has 0 saturated heterocycles. The number of benzene rings is 1. The van der Waals surface area contributed by atoms with Gasteiger partial charge < -0.3 is 5.32 Å². The molecule has 1 saturated carbocycles. The zero-order valence-electron chi connectivity index (χ0n) is 10.8. The molecule has 0 heterocycles. The third-order valence-corrected chi connectivity index (χ3v) is 3.52. The number of hydrogen-bond acceptors (Lipinski definition) is 1. The first-order valence-electron chi connectivity index (χ1n) is 6.26. The molecule has 0 aromatic heterocycles. The average molecular weight is 271 g/mol. The van der Waals surface area contributed by atoms with Crippen molar-refractivity contribution >= 4 is 5.91 Å². The number of hydrogen-bond donors (Lipinski definition) is 1. The van der Waals surface area contributed by atoms with Crippen LogP contribution in [0.3, 0.4) is 0 Å². The van der Waals surface area contributed by atoms with Crippen molar-refractivity contribution in [1.29, 1.82) is 0 Å². The highest BCUT2D eigenvalue weighted by Crippen LogP contribution is 2.38. The Balaban J connectivity index is 2.06. The summed E-state index contributed by atoms with van der Waals surface area (Å²) in [7, 11) is 0. The highest BCUT2D eigenvalue weighted by Gasteiger charge is 2.39. The van der Waals surface area contributed by atoms with Crippen LogP contribution >= 0.6 is 0 Å². The van der Waals surface area contributed by atoms with E-state index in [0.717, 1.165) is 18.6 Å². The van der Waals surface area contributed by atoms with E-state index < -0.39 is 17.8 Å². The Morgan fingerprint density at radius 3 is 2.58 bits per heavy atom. The zero-order valence-corrected chi connectivity index (χ0v) is 10.8. The van der Waals surface area contributed by atoms with Crippen LogP contribution in [0.15, 0.2) is 24.3 Å². The third kappa shape index (κ3) is 3.28. The largest absolute Gasteiger partial charge is 0.416 e. The van der Waals surface area contributed by atoms with Gasteiger partial charge in [0, 0.05) is 5.92 Å². The second kappa shape index (κ2) is 4.87. The van der Waals surface area contributed by atoms with Crippen LogP contribution in [0.4, 0.5) is 13.2 Å². The predicted molar refractivity (Wildman–Crippen MR) is 65.3 cm³/mol. The molecule has 104 valence electrons. The van der Waals surface area contributed by atoms with E-state index in [-0.39, 0.29) is 11.8 Å². The van der Waals surface area contributed by atoms with Gasteiger partial charge in [0.2, 0.25) is 5.91 Å². The lowest BCUT2D eigenvalue weighted by atomic mass is 10.0. The highest BCUT2D eigenvalue weighted by atomic mass is 19.4. The van der Waals surface area contributed by atoms with Crippen molar-refractivity contribution in [3.63, 3.8) is 0 Å². The van der Waals surface area contributed by atoms with Gasteiger partial charge in [-0.05, 0) is 37.0 Å². The monoisotopic (exact) mass is 271 g/mol. The van der Waals surface area contributed by atoms with Crippen LogP contribution in [0.2, 0.25) is 0 Å². The molecule has 1 amide bonds. The van der Waals surface area contributed by atoms with Gasteiger partial charge in [-0.15, -0.1) is 0 Å². The molecule has 1 N–H and O–H groups in total. The maximum atomic E-state index is 12.6. The first-order valence-corrected chi connectivity index (χ1v) is 6.26. The van der Waals surface area contributed by atoms with Crippen LogP contribution in [0.25, 0.3) is 0 Å². The molecule has 0 spiro atoms. The summed E-state index contributed by atoms with van der Waals surface area (Å²) >= 11 is 0. The molecule has 0 radical (unpaired) electrons. The van der Waals surface area contributed by atoms with Gasteiger partial charge in [-0.25, -0.2) is 0 Å². The zero-order chi connectivity index (χ0) is 14.2. The van der Waals surface area contributed by atoms with E-state index in [1.165, 1.54) is 6.07 Å². The van der Waals surface area contributed by atoms with Crippen molar-refractivity contribution in [2.24, 2.45) is 11.8 Å². The number of carbonyl (C=O) groups is 1. The molecule has 1 fully saturated rings. The van der Waals surface area contributed by atoms with E-state index >= 15 is 0 Å². The Morgan fingerprint density at radius 1 is 1.42 bits per heavy atom. The van der Waals surface area contributed by atoms with Crippen LogP contribution in [0.1, 0.15) is 37.4 Å². The summed E-state index contributed by atoms with van der Waals surface area (Å²) in [4.78, 5) is 11.7. The quantitative estimate of drug-likeness (QED) is 0.895. The molecule has 1 aliphatic carbocycles. The van der Waals surface area contributed by atoms with Crippen LogP contribution in [0.5, 0.6) is 0 Å². The molecular formula is C14H16F3NO. The number of amides is 1. The van der Waals surface area contributed by atoms with Gasteiger partial charge in [-0.2, -0.15) is 13.2 Å². The maximum absolute atomic E-state index is 12.6. The van der Waals surface area contributed by atoms with Gasteiger partial charge in [-0.3, -0.25) is 4.79 Å². The van der Waals surface area contributed by atoms with Crippen molar-refractivity contribution in [1.82, 2.24) is 5.32 Å². The minimum atomic E-state index is -4.36. The van der Waals surface area contributed by atoms with E-state index in [4.69, 9.17) is 0 Å². The van der Waals surface area contributed by atoms with Crippen molar-refractivity contribution < 1.29 is 18.0 Å². The van der Waals surface area contributed by atoms with Crippen molar-refractivity contribution in [3.8, 4) is 0 Å². The van der Waals surface area contributed by atoms with Gasteiger partial charge in [0.1, 0.15) is 0 Å². The van der Waals surface area contributed by atoms with Gasteiger partial charge in [0.15, 0.2) is 0 Å². The fourth-order valence-corrected chi connectivity index (χ4v) is 2.08. The molecule has 1 aromatic rings. The highest BCUT2D eigenvalue weighted by molar-refractivity contribution is 5.81. The molecule has 5 heteroatoms. The Morgan fingerprint density at radius 2 is 2.05 bits per heavy atom. The van der Waals surface area contributed by atoms with Crippen LogP contribution in [-0.4, -0.2) is 5.91 Å². The molecule has 2 nitrogen and oxygen atoms in total. The summed E-state index contributed by atoms with van der Waals surface area (Å²) < 4.78 is 37.8. The Kier molecular flexibility index (Phi) is 3.56. The Labute approximate surface area is 110 Å². The number of rotatable bonds is 3. The molecule has 0 unspecified atom stereocenters. The summed E-state index contributed by atoms with van der Waals surface area (Å²) in [6, 6.07) is 4.65. The first-order chi connectivity index (χ1) is 8.79. The molecule has 1 aromatic carbocycles. The number of alkyl halides is 3. The number of nitrogens with one attached hydrogen (secondary N) is 1. The normalized spacial score (nSPS) is 23.8. The fraction of sp³-hybridized carbons (Fsp3) is 0.500. The molecule has 1 aliphatic rings. The van der Waals surface area contributed by atoms with Crippen LogP contribution in [0, 0.1) is 11.8 Å². The second-order valence-electron chi connectivity index (χ2n) is 5.17. The molecule has 0 aliphatic heterocycles. The fourth-order valence-electron chi connectivity index (χ4n) is 2.08. The summed E-state index contributed by atoms with van der Waals surface area (Å²) in [5, 5.41) is 2.76. The minimum Gasteiger partial charge on any atom is -0.349 e. The van der Waals surface area contributed by atoms with Gasteiger partial charge in [-0.1, -0.05) is 19.1 Å². The lowest BCUT2D eigenvalue weighted by molar-refractivity contribution is -0.137. The summed E-state index contributed by atoms with van der Waals surface area (Å²) in [6.07, 6.45) is -3.49. The van der Waals surface area contributed by atoms with Crippen molar-refractivity contribution in [2.75, 3.05) is 0 Å². The van der Waals surface area contributed by atoms with E-state index in [2.05, 4.69) is 5.32 Å². The topological polar surface area (TPSA) is 29.1 Å². The SMILES string of the molecule is C[C@H](NC(=O)[C@@H]1C[C@@H]1C)c1cccc(C(F)(F)F)c1. The van der Waals surface area contributed by atoms with Crippen molar-refractivity contribution in [2.45, 2.75) is 32.5 Å². The summed E-state index contributed by atoms with van der Waals surface area (Å²) in [5.74, 6) is 0.333. The number of carbonyl (C=O) groups excluding carboxylic acids is 1. The van der Waals surface area contributed by atoms with E-state index in [0.29, 0.717) is 11.5 Å². The average Bonchev–Trinajstić information content (AvgIpc) is 3.05. The van der Waals surface area contributed by atoms with E-state index in [9.17, 15) is 18.0 Å². The van der Waals surface area contributed by atoms with E-state index in [1.54, 1.807) is 13.0 Å².